The first-order valence-electron chi connectivity index (χ1n) is 39.2. The molecule has 3 fully saturated rings. The molecule has 0 aliphatic carbocycles. The van der Waals surface area contributed by atoms with Gasteiger partial charge in [0.1, 0.15) is 42.2 Å². The van der Waals surface area contributed by atoms with Gasteiger partial charge in [0.15, 0.2) is 72.4 Å². The number of halogens is 1. The van der Waals surface area contributed by atoms with Crippen molar-refractivity contribution >= 4 is 106 Å². The molecular formula is C76H118IN7O36. The van der Waals surface area contributed by atoms with Crippen LogP contribution in [0.3, 0.4) is 0 Å². The Hall–Kier alpha value is -8.23. The number of nitrogens with one attached hydrogen (secondary N) is 7. The van der Waals surface area contributed by atoms with E-state index in [0.29, 0.717) is 12.2 Å². The first-order valence-corrected chi connectivity index (χ1v) is 40.1. The molecule has 3 heterocycles. The Kier molecular flexibility index (Phi) is 51.6. The maximum atomic E-state index is 14.0. The number of hydrogen-bond donors (Lipinski definition) is 7. The third kappa shape index (κ3) is 45.1. The van der Waals surface area contributed by atoms with Crippen LogP contribution in [-0.2, 0) is 173 Å². The van der Waals surface area contributed by atoms with Crippen molar-refractivity contribution < 1.29 is 170 Å². The summed E-state index contributed by atoms with van der Waals surface area (Å²) in [5.74, 6) is -7.06. The molecule has 14 atom stereocenters. The Labute approximate surface area is 709 Å². The van der Waals surface area contributed by atoms with E-state index in [4.69, 9.17) is 103 Å². The van der Waals surface area contributed by atoms with Crippen LogP contribution in [0.15, 0.2) is 24.3 Å². The summed E-state index contributed by atoms with van der Waals surface area (Å²) in [5, 5.41) is 19.2. The average molecular weight is 1830 g/mol. The van der Waals surface area contributed by atoms with E-state index in [1.54, 1.807) is 29.9 Å². The normalized spacial score (nSPS) is 21.8. The van der Waals surface area contributed by atoms with E-state index in [9.17, 15) is 67.1 Å². The first kappa shape index (κ1) is 104. The topological polar surface area (TPSA) is 526 Å². The van der Waals surface area contributed by atoms with E-state index in [1.165, 1.54) is 48.5 Å². The lowest BCUT2D eigenvalue weighted by Gasteiger charge is -2.44. The van der Waals surface area contributed by atoms with E-state index in [2.05, 4.69) is 37.2 Å². The number of benzene rings is 1. The molecule has 43 nitrogen and oxygen atoms in total. The summed E-state index contributed by atoms with van der Waals surface area (Å²) in [6.07, 6.45) is -11.6. The Morgan fingerprint density at radius 1 is 0.408 bits per heavy atom. The summed E-state index contributed by atoms with van der Waals surface area (Å²) < 4.78 is 124. The second kappa shape index (κ2) is 59.5. The number of carbonyl (C=O) groups excluding carboxylic acids is 14. The van der Waals surface area contributed by atoms with Crippen molar-refractivity contribution in [3.63, 3.8) is 0 Å². The third-order valence-electron chi connectivity index (χ3n) is 17.0. The zero-order chi connectivity index (χ0) is 88.2. The summed E-state index contributed by atoms with van der Waals surface area (Å²) in [6, 6.07) is 5.27. The Bertz CT molecular complexity index is 3330. The lowest BCUT2D eigenvalue weighted by Crippen LogP contribution is -2.65. The van der Waals surface area contributed by atoms with Crippen molar-refractivity contribution in [1.82, 2.24) is 37.2 Å². The molecule has 1 aromatic rings. The third-order valence-corrected chi connectivity index (χ3v) is 17.5. The zero-order valence-electron chi connectivity index (χ0n) is 69.5. The molecule has 3 aliphatic heterocycles. The highest BCUT2D eigenvalue weighted by atomic mass is 127. The quantitative estimate of drug-likeness (QED) is 0.0174. The molecule has 3 aliphatic rings. The second-order valence-electron chi connectivity index (χ2n) is 27.4. The van der Waals surface area contributed by atoms with Gasteiger partial charge in [-0.05, 0) is 31.0 Å². The van der Waals surface area contributed by atoms with Gasteiger partial charge in [-0.15, -0.1) is 0 Å². The smallest absolute Gasteiger partial charge is 0.303 e. The highest BCUT2D eigenvalue weighted by molar-refractivity contribution is 14.1. The van der Waals surface area contributed by atoms with Crippen LogP contribution in [0.5, 0.6) is 5.75 Å². The number of rotatable bonds is 60. The summed E-state index contributed by atoms with van der Waals surface area (Å²) in [4.78, 5) is 174. The number of carbonyl (C=O) groups is 14. The largest absolute Gasteiger partial charge is 0.463 e. The molecule has 0 bridgehead atoms. The monoisotopic (exact) mass is 1830 g/mol. The van der Waals surface area contributed by atoms with E-state index in [0.717, 1.165) is 19.4 Å². The van der Waals surface area contributed by atoms with Crippen LogP contribution in [0, 0.1) is 0 Å². The van der Waals surface area contributed by atoms with Crippen LogP contribution >= 0.6 is 23.0 Å². The lowest BCUT2D eigenvalue weighted by molar-refractivity contribution is -0.269. The van der Waals surface area contributed by atoms with Crippen molar-refractivity contribution in [3.8, 4) is 5.75 Å². The van der Waals surface area contributed by atoms with Crippen molar-refractivity contribution in [2.75, 3.05) is 165 Å². The molecule has 7 amide bonds. The molecule has 3 saturated heterocycles. The lowest BCUT2D eigenvalue weighted by atomic mass is 9.96. The minimum Gasteiger partial charge on any atom is -0.463 e. The van der Waals surface area contributed by atoms with E-state index >= 15 is 0 Å². The van der Waals surface area contributed by atoms with E-state index < -0.39 is 163 Å². The molecule has 44 heteroatoms. The second-order valence-corrected chi connectivity index (χ2v) is 27.8. The molecule has 1 aromatic carbocycles. The fourth-order valence-corrected chi connectivity index (χ4v) is 12.2. The minimum atomic E-state index is -1.55. The van der Waals surface area contributed by atoms with E-state index in [-0.39, 0.29) is 209 Å². The summed E-state index contributed by atoms with van der Waals surface area (Å²) in [6.45, 7) is 10.7. The molecule has 0 saturated carbocycles. The molecular weight excluding hydrogens is 1710 g/mol. The number of hydrogen-bond acceptors (Lipinski definition) is 36. The Balaban J connectivity index is 1.38. The van der Waals surface area contributed by atoms with Crippen molar-refractivity contribution in [2.45, 2.75) is 200 Å². The van der Waals surface area contributed by atoms with Crippen LogP contribution in [0.1, 0.15) is 113 Å². The predicted molar refractivity (Wildman–Crippen MR) is 418 cm³/mol. The van der Waals surface area contributed by atoms with Gasteiger partial charge in [0.2, 0.25) is 41.4 Å². The molecule has 0 radical (unpaired) electrons. The molecule has 120 heavy (non-hydrogen) atoms. The van der Waals surface area contributed by atoms with Crippen LogP contribution < -0.4 is 40.3 Å². The van der Waals surface area contributed by atoms with Gasteiger partial charge in [0, 0.05) is 127 Å². The van der Waals surface area contributed by atoms with Crippen LogP contribution in [-0.4, -0.2) is 333 Å². The van der Waals surface area contributed by atoms with Gasteiger partial charge in [0.25, 0.3) is 0 Å². The van der Waals surface area contributed by atoms with Crippen LogP contribution in [0.4, 0.5) is 0 Å². The fraction of sp³-hybridized carbons (Fsp3) is 0.737. The summed E-state index contributed by atoms with van der Waals surface area (Å²) in [7, 11) is 0. The highest BCUT2D eigenvalue weighted by Gasteiger charge is 2.50. The number of esters is 7. The first-order chi connectivity index (χ1) is 57.3. The highest BCUT2D eigenvalue weighted by Crippen LogP contribution is 2.30. The maximum Gasteiger partial charge on any atom is 0.303 e. The zero-order valence-corrected chi connectivity index (χ0v) is 71.7. The molecule has 0 spiro atoms. The SMILES string of the molecule is CC(=O)N[C@@H]1[C@H](OCCOCCNC(=O)CCOCC(COCCC(=O)NCCOCCO[C@H]2C[C@@H](OC(C)=O)[C@@H](OC(C)=O)[C@@H](COC(C)=O)O2)(COCCC(=O)NCCOCCO[C@H]2OC[C@@H](OC(C)=O)[C@@H](OC(C)=O)[C@@H]2NC(C)=O)NC(=O)CCOCCOCCNC(=O)CCc2ccc(OI)cc2)O[C@H](C)[C@@H](OC(C)=O)[C@H]1OC(C)=O. The molecule has 7 N–H and O–H groups in total. The minimum absolute atomic E-state index is 0.00967. The maximum absolute atomic E-state index is 14.0. The standard InChI is InChI=1S/C76H118IN7O36/c1-47-70(115-53(7)90)73(118-56(10)93)69(83-49(3)86)75(112-47)109-40-37-103-32-24-81-65(97)19-28-106-46-76(84-66(98)20-25-99-33-34-100-29-21-78-62(94)16-13-57-11-14-58(120-77)15-12-57,45-105-27-18-64(96)80-23-31-102-36-39-108-74-68(82-48(2)85)72(117-55(9)92)61(43-111-74)114-52(6)89)44-104-26-17-63(95)79-22-30-101-35-38-107-67-41-59(113-51(5)88)71(116-54(8)91)60(119-67)42-110-50(4)87/h11-12,14-15,47,59-61,67-75H,13,16-46H2,1-10H3,(H,78,94)(H,79,95)(H,80,96)(H,81,97)(H,82,85)(H,83,86)(H,84,98)/t47-,59-,60-,61-,67-,68+,69+,70-,71-,72-,73+,74+,75-,76?/m1/s1. The summed E-state index contributed by atoms with van der Waals surface area (Å²) in [5.41, 5.74) is -0.574. The van der Waals surface area contributed by atoms with Gasteiger partial charge in [-0.1, -0.05) is 12.1 Å². The number of amides is 7. The van der Waals surface area contributed by atoms with Gasteiger partial charge in [0.05, 0.1) is 138 Å². The Morgan fingerprint density at radius 3 is 1.27 bits per heavy atom. The molecule has 680 valence electrons. The number of aryl methyl sites for hydroxylation is 1. The average Bonchev–Trinajstić information content (AvgIpc) is 0.799. The Morgan fingerprint density at radius 2 is 0.808 bits per heavy atom. The number of ether oxygens (including phenoxy) is 21. The van der Waals surface area contributed by atoms with Gasteiger partial charge in [-0.25, -0.2) is 0 Å². The molecule has 1 unspecified atom stereocenters. The van der Waals surface area contributed by atoms with Crippen molar-refractivity contribution in [2.24, 2.45) is 0 Å². The van der Waals surface area contributed by atoms with Crippen LogP contribution in [0.25, 0.3) is 0 Å². The van der Waals surface area contributed by atoms with Gasteiger partial charge < -0.3 is 140 Å². The van der Waals surface area contributed by atoms with Gasteiger partial charge in [-0.3, -0.25) is 67.1 Å². The predicted octanol–water partition coefficient (Wildman–Crippen LogP) is -1.21. The van der Waals surface area contributed by atoms with Crippen molar-refractivity contribution in [3.05, 3.63) is 29.8 Å². The fourth-order valence-electron chi connectivity index (χ4n) is 11.9. The van der Waals surface area contributed by atoms with Gasteiger partial charge in [-0.2, -0.15) is 0 Å². The molecule has 0 aromatic heterocycles. The van der Waals surface area contributed by atoms with Crippen LogP contribution in [0.2, 0.25) is 0 Å². The van der Waals surface area contributed by atoms with Crippen molar-refractivity contribution in [1.29, 1.82) is 0 Å². The van der Waals surface area contributed by atoms with Gasteiger partial charge >= 0.3 is 41.8 Å². The molecule has 4 rings (SSSR count). The van der Waals surface area contributed by atoms with E-state index in [1.807, 2.05) is 24.3 Å². The summed E-state index contributed by atoms with van der Waals surface area (Å²) >= 11 is 1.79.